The van der Waals surface area contributed by atoms with Gasteiger partial charge < -0.3 is 9.84 Å². The first-order chi connectivity index (χ1) is 21.9. The number of hydrogen-bond acceptors (Lipinski definition) is 2. The molecule has 0 spiro atoms. The van der Waals surface area contributed by atoms with E-state index in [1.807, 2.05) is 0 Å². The molecule has 0 aliphatic carbocycles. The Morgan fingerprint density at radius 1 is 0.273 bits per heavy atom. The van der Waals surface area contributed by atoms with E-state index >= 15 is 0 Å². The van der Waals surface area contributed by atoms with Crippen molar-refractivity contribution in [1.82, 2.24) is 0 Å². The third-order valence-electron chi connectivity index (χ3n) is 9.72. The van der Waals surface area contributed by atoms with Gasteiger partial charge >= 0.3 is 0 Å². The zero-order valence-corrected chi connectivity index (χ0v) is 30.8. The van der Waals surface area contributed by atoms with E-state index in [-0.39, 0.29) is 0 Å². The van der Waals surface area contributed by atoms with Crippen LogP contribution in [-0.4, -0.2) is 24.9 Å². The number of rotatable bonds is 38. The highest BCUT2D eigenvalue weighted by Crippen LogP contribution is 2.17. The van der Waals surface area contributed by atoms with Crippen LogP contribution in [0.1, 0.15) is 251 Å². The molecule has 1 aliphatic rings. The molecule has 2 heteroatoms. The second-order valence-electron chi connectivity index (χ2n) is 14.4. The highest BCUT2D eigenvalue weighted by molar-refractivity contribution is 4.53. The predicted molar refractivity (Wildman–Crippen MR) is 199 cm³/mol. The zero-order valence-electron chi connectivity index (χ0n) is 30.8. The van der Waals surface area contributed by atoms with Crippen molar-refractivity contribution in [2.75, 3.05) is 19.8 Å². The lowest BCUT2D eigenvalue weighted by Crippen LogP contribution is -1.85. The smallest absolute Gasteiger partial charge is 0.0701 e. The fourth-order valence-electron chi connectivity index (χ4n) is 6.55. The van der Waals surface area contributed by atoms with Crippen LogP contribution in [0.3, 0.4) is 0 Å². The molecule has 0 unspecified atom stereocenters. The Labute approximate surface area is 280 Å². The summed E-state index contributed by atoms with van der Waals surface area (Å²) in [7, 11) is 0. The minimum absolute atomic E-state index is 0.375. The first-order valence-corrected chi connectivity index (χ1v) is 21.1. The van der Waals surface area contributed by atoms with Gasteiger partial charge in [-0.3, -0.25) is 0 Å². The van der Waals surface area contributed by atoms with Crippen molar-refractivity contribution in [2.24, 2.45) is 0 Å². The van der Waals surface area contributed by atoms with Gasteiger partial charge in [-0.15, -0.1) is 0 Å². The maximum Gasteiger partial charge on any atom is 0.0701 e. The standard InChI is InChI=1S/C40H82O.C2H4O/c1-2-3-4-5-6-7-8-9-10-11-12-13-14-15-16-17-18-19-20-21-22-23-24-25-26-27-28-29-30-31-32-33-34-35-36-37-38-39-40-41;1-2-3-1/h41H,2-40H2,1H3;1-2H2. The topological polar surface area (TPSA) is 32.8 Å². The molecule has 0 amide bonds. The van der Waals surface area contributed by atoms with Crippen molar-refractivity contribution in [3.05, 3.63) is 0 Å². The number of hydrogen-bond donors (Lipinski definition) is 1. The summed E-state index contributed by atoms with van der Waals surface area (Å²) < 4.78 is 4.50. The molecular formula is C42H86O2. The first kappa shape index (κ1) is 43.9. The number of ether oxygens (including phenoxy) is 1. The Bertz CT molecular complexity index is 422. The third-order valence-corrected chi connectivity index (χ3v) is 9.72. The predicted octanol–water partition coefficient (Wildman–Crippen LogP) is 14.8. The highest BCUT2D eigenvalue weighted by Gasteiger charge is 1.98. The van der Waals surface area contributed by atoms with Crippen LogP contribution in [0.4, 0.5) is 0 Å². The summed E-state index contributed by atoms with van der Waals surface area (Å²) in [5, 5.41) is 8.79. The Morgan fingerprint density at radius 2 is 0.409 bits per heavy atom. The Kier molecular flexibility index (Phi) is 42.8. The molecule has 0 bridgehead atoms. The van der Waals surface area contributed by atoms with Crippen LogP contribution < -0.4 is 0 Å². The number of aliphatic hydroxyl groups is 1. The summed E-state index contributed by atoms with van der Waals surface area (Å²) in [6, 6.07) is 0. The van der Waals surface area contributed by atoms with E-state index in [0.717, 1.165) is 19.6 Å². The van der Waals surface area contributed by atoms with Gasteiger partial charge in [0.25, 0.3) is 0 Å². The van der Waals surface area contributed by atoms with Gasteiger partial charge in [0.05, 0.1) is 13.2 Å². The average Bonchev–Trinajstić information content (AvgIpc) is 3.93. The van der Waals surface area contributed by atoms with Crippen molar-refractivity contribution in [2.45, 2.75) is 251 Å². The summed E-state index contributed by atoms with van der Waals surface area (Å²) in [6.45, 7) is 4.68. The van der Waals surface area contributed by atoms with E-state index in [2.05, 4.69) is 11.7 Å². The van der Waals surface area contributed by atoms with Gasteiger partial charge in [0, 0.05) is 6.61 Å². The molecule has 0 atom stereocenters. The molecular weight excluding hydrogens is 536 g/mol. The molecule has 0 aromatic rings. The third kappa shape index (κ3) is 46.3. The van der Waals surface area contributed by atoms with Crippen molar-refractivity contribution in [1.29, 1.82) is 0 Å². The summed E-state index contributed by atoms with van der Waals surface area (Å²) in [4.78, 5) is 0. The van der Waals surface area contributed by atoms with Crippen LogP contribution in [0.15, 0.2) is 0 Å². The fourth-order valence-corrected chi connectivity index (χ4v) is 6.55. The molecule has 0 aromatic carbocycles. The van der Waals surface area contributed by atoms with E-state index in [1.165, 1.54) is 238 Å². The van der Waals surface area contributed by atoms with Crippen LogP contribution >= 0.6 is 0 Å². The Hall–Kier alpha value is -0.0800. The van der Waals surface area contributed by atoms with Gasteiger partial charge in [0.1, 0.15) is 0 Å². The molecule has 1 aliphatic heterocycles. The molecule has 1 heterocycles. The number of epoxide rings is 1. The lowest BCUT2D eigenvalue weighted by Gasteiger charge is -2.05. The van der Waals surface area contributed by atoms with Gasteiger partial charge in [-0.2, -0.15) is 0 Å². The van der Waals surface area contributed by atoms with Gasteiger partial charge in [-0.1, -0.05) is 244 Å². The van der Waals surface area contributed by atoms with E-state index in [4.69, 9.17) is 5.11 Å². The van der Waals surface area contributed by atoms with Crippen LogP contribution in [0.2, 0.25) is 0 Å². The zero-order chi connectivity index (χ0) is 31.7. The van der Waals surface area contributed by atoms with E-state index in [0.29, 0.717) is 6.61 Å². The molecule has 2 nitrogen and oxygen atoms in total. The molecule has 266 valence electrons. The lowest BCUT2D eigenvalue weighted by atomic mass is 10.0. The van der Waals surface area contributed by atoms with E-state index in [9.17, 15) is 0 Å². The van der Waals surface area contributed by atoms with Gasteiger partial charge in [-0.25, -0.2) is 0 Å². The van der Waals surface area contributed by atoms with Crippen LogP contribution in [-0.2, 0) is 4.74 Å². The first-order valence-electron chi connectivity index (χ1n) is 21.1. The maximum absolute atomic E-state index is 8.79. The van der Waals surface area contributed by atoms with Crippen molar-refractivity contribution in [3.8, 4) is 0 Å². The molecule has 1 N–H and O–H groups in total. The molecule has 44 heavy (non-hydrogen) atoms. The minimum Gasteiger partial charge on any atom is -0.396 e. The summed E-state index contributed by atoms with van der Waals surface area (Å²) in [5.41, 5.74) is 0. The summed E-state index contributed by atoms with van der Waals surface area (Å²) in [6.07, 6.45) is 55.0. The molecule has 1 fully saturated rings. The fraction of sp³-hybridized carbons (Fsp3) is 1.00. The monoisotopic (exact) mass is 623 g/mol. The molecule has 0 saturated carbocycles. The summed E-state index contributed by atoms with van der Waals surface area (Å²) >= 11 is 0. The van der Waals surface area contributed by atoms with Crippen LogP contribution in [0.25, 0.3) is 0 Å². The molecule has 0 aromatic heterocycles. The molecule has 1 rings (SSSR count). The Morgan fingerprint density at radius 3 is 0.523 bits per heavy atom. The van der Waals surface area contributed by atoms with Gasteiger partial charge in [0.2, 0.25) is 0 Å². The number of aliphatic hydroxyl groups excluding tert-OH is 1. The second kappa shape index (κ2) is 42.9. The van der Waals surface area contributed by atoms with Crippen molar-refractivity contribution in [3.63, 3.8) is 0 Å². The highest BCUT2D eigenvalue weighted by atomic mass is 16.6. The minimum atomic E-state index is 0.375. The van der Waals surface area contributed by atoms with Crippen LogP contribution in [0.5, 0.6) is 0 Å². The molecule has 1 saturated heterocycles. The SMILES string of the molecule is C1CO1.CCCCCCCCCCCCCCCCCCCCCCCCCCCCCCCCCCCCCCCCO. The van der Waals surface area contributed by atoms with E-state index in [1.54, 1.807) is 0 Å². The van der Waals surface area contributed by atoms with Crippen molar-refractivity contribution >= 4 is 0 Å². The normalized spacial score (nSPS) is 12.4. The average molecular weight is 623 g/mol. The largest absolute Gasteiger partial charge is 0.396 e. The number of unbranched alkanes of at least 4 members (excludes halogenated alkanes) is 37. The van der Waals surface area contributed by atoms with Crippen molar-refractivity contribution < 1.29 is 9.84 Å². The van der Waals surface area contributed by atoms with Gasteiger partial charge in [-0.05, 0) is 6.42 Å². The van der Waals surface area contributed by atoms with Crippen LogP contribution in [0, 0.1) is 0 Å². The molecule has 0 radical (unpaired) electrons. The second-order valence-corrected chi connectivity index (χ2v) is 14.4. The summed E-state index contributed by atoms with van der Waals surface area (Å²) in [5.74, 6) is 0. The Balaban J connectivity index is 0.00000576. The van der Waals surface area contributed by atoms with E-state index < -0.39 is 0 Å². The van der Waals surface area contributed by atoms with Gasteiger partial charge in [0.15, 0.2) is 0 Å². The quantitative estimate of drug-likeness (QED) is 0.0549. The maximum atomic E-state index is 8.79. The lowest BCUT2D eigenvalue weighted by molar-refractivity contribution is 0.282.